The Bertz CT molecular complexity index is 1430. The van der Waals surface area contributed by atoms with Crippen molar-refractivity contribution < 1.29 is 97.7 Å². The van der Waals surface area contributed by atoms with Crippen molar-refractivity contribution in [2.75, 3.05) is 52.3 Å². The number of hydrogen-bond acceptors (Lipinski definition) is 13. The van der Waals surface area contributed by atoms with Crippen molar-refractivity contribution >= 4 is 65.5 Å². The molecule has 0 aliphatic rings. The van der Waals surface area contributed by atoms with E-state index in [1.165, 1.54) is 69.7 Å². The van der Waals surface area contributed by atoms with Crippen LogP contribution in [0.1, 0.15) is 154 Å². The van der Waals surface area contributed by atoms with E-state index in [-0.39, 0.29) is 104 Å². The summed E-state index contributed by atoms with van der Waals surface area (Å²) in [5.41, 5.74) is 9.93. The van der Waals surface area contributed by atoms with Crippen LogP contribution in [0.3, 0.4) is 0 Å². The molecule has 0 aromatic carbocycles. The van der Waals surface area contributed by atoms with Crippen molar-refractivity contribution in [1.29, 1.82) is 0 Å². The SMILES string of the molecule is CN=C(CCCCCCCCCCCCCCCC(=O)NSCCCC(=O)NCCOCCOCC(=O)N[C@@H](CCC(=O)N[C@@H](CCC(=O)NCCCCC([NH-])[C-]=O)C(=O)O)C(=O)O)NN.[V].[W]. The smallest absolute Gasteiger partial charge is 0.326 e. The Kier molecular flexibility index (Phi) is 49.7. The van der Waals surface area contributed by atoms with Gasteiger partial charge in [0.05, 0.1) is 19.8 Å². The number of unbranched alkanes of at least 4 members (excludes halogenated alkanes) is 13. The summed E-state index contributed by atoms with van der Waals surface area (Å²) in [6.07, 6.45) is 19.7. The first-order valence-electron chi connectivity index (χ1n) is 23.5. The number of ether oxygens (including phenoxy) is 2. The summed E-state index contributed by atoms with van der Waals surface area (Å²) in [7, 11) is 1.75. The standard InChI is InChI=1S/C44H79N9O12S.V.W/c1-47-37(52-46)19-13-11-9-7-5-3-2-4-6-8-10-12-14-20-41(58)53-66-31-17-21-38(55)49-27-28-64-29-30-65-33-42(59)51-36(44(62)63)23-25-40(57)50-35(43(60)61)22-24-39(56)48-26-16-15-18-34(45)32-54;;/h34-36,45H,2-31,33,46H2,1H3,(H,47,52)(H,48,56)(H,49,55)(H,50,57)(H,51,59)(H,53,58)(H,60,61)(H,62,63);;/q-2;;/t34?,35-,36-;;/m0../s1. The van der Waals surface area contributed by atoms with Crippen LogP contribution in [0, 0.1) is 0 Å². The van der Waals surface area contributed by atoms with Crippen LogP contribution in [0.4, 0.5) is 0 Å². The Morgan fingerprint density at radius 3 is 1.63 bits per heavy atom. The number of aliphatic carboxylic acids is 2. The molecule has 391 valence electrons. The quantitative estimate of drug-likeness (QED) is 0.00801. The van der Waals surface area contributed by atoms with Crippen molar-refractivity contribution in [2.45, 2.75) is 172 Å². The van der Waals surface area contributed by atoms with Crippen LogP contribution in [0.25, 0.3) is 5.73 Å². The van der Waals surface area contributed by atoms with Crippen LogP contribution < -0.4 is 37.3 Å². The molecule has 0 aromatic heterocycles. The van der Waals surface area contributed by atoms with E-state index in [0.29, 0.717) is 44.3 Å². The molecule has 1 radical (unpaired) electrons. The molecule has 11 N–H and O–H groups in total. The predicted molar refractivity (Wildman–Crippen MR) is 253 cm³/mol. The van der Waals surface area contributed by atoms with E-state index >= 15 is 0 Å². The van der Waals surface area contributed by atoms with E-state index in [1.54, 1.807) is 13.3 Å². The van der Waals surface area contributed by atoms with Gasteiger partial charge in [0.15, 0.2) is 0 Å². The average Bonchev–Trinajstić information content (AvgIpc) is 3.29. The van der Waals surface area contributed by atoms with Crippen LogP contribution >= 0.6 is 11.9 Å². The molecule has 0 aliphatic carbocycles. The van der Waals surface area contributed by atoms with Crippen LogP contribution in [0.15, 0.2) is 4.99 Å². The van der Waals surface area contributed by atoms with E-state index in [9.17, 15) is 48.6 Å². The Morgan fingerprint density at radius 1 is 0.603 bits per heavy atom. The summed E-state index contributed by atoms with van der Waals surface area (Å²) >= 11 is 1.31. The molecule has 0 spiro atoms. The van der Waals surface area contributed by atoms with E-state index < -0.39 is 60.8 Å². The molecule has 0 aromatic rings. The molecule has 5 amide bonds. The number of nitrogens with zero attached hydrogens (tertiary/aromatic N) is 1. The predicted octanol–water partition coefficient (Wildman–Crippen LogP) is 3.53. The summed E-state index contributed by atoms with van der Waals surface area (Å²) in [5, 5.41) is 28.8. The molecule has 0 saturated carbocycles. The largest absolute Gasteiger partial charge is 0.698 e. The Labute approximate surface area is 433 Å². The van der Waals surface area contributed by atoms with Gasteiger partial charge in [0.1, 0.15) is 24.5 Å². The molecule has 3 atom stereocenters. The van der Waals surface area contributed by atoms with Crippen molar-refractivity contribution in [1.82, 2.24) is 31.4 Å². The fourth-order valence-corrected chi connectivity index (χ4v) is 7.06. The summed E-state index contributed by atoms with van der Waals surface area (Å²) in [4.78, 5) is 98.6. The molecular weight excluding hydrogens is 1110 g/mol. The topological polar surface area (TPSA) is 330 Å². The maximum absolute atomic E-state index is 12.4. The first-order chi connectivity index (χ1) is 31.8. The fourth-order valence-electron chi connectivity index (χ4n) is 6.41. The van der Waals surface area contributed by atoms with Gasteiger partial charge in [0.2, 0.25) is 29.5 Å². The van der Waals surface area contributed by atoms with Gasteiger partial charge in [-0.25, -0.2) is 21.5 Å². The number of aliphatic imine (C=N–C) groups is 1. The number of amidine groups is 1. The van der Waals surface area contributed by atoms with Crippen molar-refractivity contribution in [2.24, 2.45) is 10.8 Å². The summed E-state index contributed by atoms with van der Waals surface area (Å²) in [6, 6.07) is -3.78. The van der Waals surface area contributed by atoms with Gasteiger partial charge in [0.25, 0.3) is 0 Å². The second-order valence-corrected chi connectivity index (χ2v) is 16.8. The zero-order valence-corrected chi connectivity index (χ0v) is 45.1. The summed E-state index contributed by atoms with van der Waals surface area (Å²) in [5.74, 6) is 2.00. The number of carboxylic acids is 2. The van der Waals surface area contributed by atoms with Gasteiger partial charge in [0, 0.05) is 97.6 Å². The summed E-state index contributed by atoms with van der Waals surface area (Å²) in [6.45, 7) is 0.392. The number of hydrazine groups is 1. The van der Waals surface area contributed by atoms with Gasteiger partial charge >= 0.3 is 11.9 Å². The first-order valence-corrected chi connectivity index (χ1v) is 24.5. The second kappa shape index (κ2) is 48.9. The molecule has 68 heavy (non-hydrogen) atoms. The first kappa shape index (κ1) is 69.2. The van der Waals surface area contributed by atoms with Gasteiger partial charge in [-0.3, -0.25) is 35.3 Å². The molecule has 24 heteroatoms. The molecule has 0 heterocycles. The van der Waals surface area contributed by atoms with E-state index in [0.717, 1.165) is 37.9 Å². The van der Waals surface area contributed by atoms with E-state index in [1.807, 2.05) is 0 Å². The van der Waals surface area contributed by atoms with E-state index in [4.69, 9.17) is 21.1 Å². The van der Waals surface area contributed by atoms with Crippen LogP contribution in [-0.4, -0.2) is 134 Å². The van der Waals surface area contributed by atoms with Gasteiger partial charge < -0.3 is 61.6 Å². The third kappa shape index (κ3) is 44.1. The second-order valence-electron chi connectivity index (χ2n) is 15.9. The maximum atomic E-state index is 12.4. The minimum Gasteiger partial charge on any atom is -0.698 e. The molecule has 0 rings (SSSR count). The molecule has 0 saturated heterocycles. The summed E-state index contributed by atoms with van der Waals surface area (Å²) < 4.78 is 13.4. The maximum Gasteiger partial charge on any atom is 0.326 e. The normalized spacial score (nSPS) is 12.2. The van der Waals surface area contributed by atoms with Gasteiger partial charge in [-0.05, 0) is 38.5 Å². The van der Waals surface area contributed by atoms with E-state index in [2.05, 4.69) is 36.4 Å². The third-order valence-corrected chi connectivity index (χ3v) is 11.1. The van der Waals surface area contributed by atoms with Crippen LogP contribution in [0.5, 0.6) is 0 Å². The van der Waals surface area contributed by atoms with Crippen molar-refractivity contribution in [3.05, 3.63) is 5.73 Å². The number of carbonyl (C=O) groups is 7. The Balaban J connectivity index is -0.0000211. The number of carboxylic acid groups (broad SMARTS) is 2. The molecule has 1 unspecified atom stereocenters. The zero-order chi connectivity index (χ0) is 49.0. The van der Waals surface area contributed by atoms with Crippen LogP contribution in [-0.2, 0) is 87.5 Å². The minimum atomic E-state index is -1.45. The number of nitrogens with two attached hydrogens (primary N) is 1. The molecule has 21 nitrogen and oxygen atoms in total. The monoisotopic (exact) mass is 1190 g/mol. The molecule has 0 fully saturated rings. The number of rotatable bonds is 45. The average molecular weight is 1190 g/mol. The van der Waals surface area contributed by atoms with Crippen molar-refractivity contribution in [3.8, 4) is 0 Å². The Hall–Kier alpha value is -3.11. The number of carbonyl (C=O) groups excluding carboxylic acids is 6. The third-order valence-electron chi connectivity index (χ3n) is 10.2. The fraction of sp³-hybridized carbons (Fsp3) is 0.795. The number of nitrogens with one attached hydrogen (secondary N) is 7. The van der Waals surface area contributed by atoms with Crippen molar-refractivity contribution in [3.63, 3.8) is 0 Å². The van der Waals surface area contributed by atoms with Gasteiger partial charge in [-0.2, -0.15) is 0 Å². The number of hydrogen-bond donors (Lipinski definition) is 9. The number of amides is 5. The van der Waals surface area contributed by atoms with Crippen LogP contribution in [0.2, 0.25) is 0 Å². The zero-order valence-electron chi connectivity index (χ0n) is 39.9. The Morgan fingerprint density at radius 2 is 1.09 bits per heavy atom. The van der Waals surface area contributed by atoms with Gasteiger partial charge in [-0.15, -0.1) is 0 Å². The molecular formula is C44H79N9O12SVW-2. The molecule has 0 bridgehead atoms. The minimum absolute atomic E-state index is 0. The van der Waals surface area contributed by atoms with Gasteiger partial charge in [-0.1, -0.05) is 95.4 Å². The molecule has 0 aliphatic heterocycles.